The fraction of sp³-hybridized carbons (Fsp3) is 0.522. The molecule has 1 aromatic carbocycles. The van der Waals surface area contributed by atoms with Gasteiger partial charge in [0.05, 0.1) is 17.9 Å². The zero-order valence-corrected chi connectivity index (χ0v) is 22.3. The third-order valence-electron chi connectivity index (χ3n) is 4.30. The summed E-state index contributed by atoms with van der Waals surface area (Å²) in [7, 11) is 0. The summed E-state index contributed by atoms with van der Waals surface area (Å²) >= 11 is 0. The van der Waals surface area contributed by atoms with Gasteiger partial charge in [-0.05, 0) is 65.7 Å². The minimum atomic E-state index is -0.489. The number of nitrogens with zero attached hydrogens (tertiary/aromatic N) is 3. The largest absolute Gasteiger partial charge is 0.444 e. The lowest BCUT2D eigenvalue weighted by molar-refractivity contribution is 0.0527. The SMILES string of the molecule is CCNC(=NCc1ccccc1-n1nc(C)cc1C)NCCCNC(=O)OC(C)(C)C.I. The van der Waals surface area contributed by atoms with Gasteiger partial charge in [0.2, 0.25) is 0 Å². The maximum absolute atomic E-state index is 11.7. The van der Waals surface area contributed by atoms with Gasteiger partial charge in [0.1, 0.15) is 5.60 Å². The molecule has 0 spiro atoms. The van der Waals surface area contributed by atoms with E-state index in [1.807, 2.05) is 51.4 Å². The first-order valence-corrected chi connectivity index (χ1v) is 10.8. The molecule has 32 heavy (non-hydrogen) atoms. The van der Waals surface area contributed by atoms with Crippen molar-refractivity contribution in [2.24, 2.45) is 4.99 Å². The first-order valence-electron chi connectivity index (χ1n) is 10.8. The maximum Gasteiger partial charge on any atom is 0.407 e. The zero-order valence-electron chi connectivity index (χ0n) is 20.0. The molecule has 0 saturated heterocycles. The van der Waals surface area contributed by atoms with E-state index in [-0.39, 0.29) is 24.0 Å². The van der Waals surface area contributed by atoms with Gasteiger partial charge in [-0.15, -0.1) is 24.0 Å². The minimum Gasteiger partial charge on any atom is -0.444 e. The number of ether oxygens (including phenoxy) is 1. The fourth-order valence-electron chi connectivity index (χ4n) is 3.03. The molecule has 0 aliphatic rings. The van der Waals surface area contributed by atoms with E-state index in [2.05, 4.69) is 46.2 Å². The number of aliphatic imine (C=N–C) groups is 1. The van der Waals surface area contributed by atoms with Gasteiger partial charge < -0.3 is 20.7 Å². The van der Waals surface area contributed by atoms with Crippen LogP contribution in [0, 0.1) is 13.8 Å². The van der Waals surface area contributed by atoms with Crippen LogP contribution in [-0.4, -0.2) is 47.1 Å². The maximum atomic E-state index is 11.7. The van der Waals surface area contributed by atoms with Crippen molar-refractivity contribution >= 4 is 36.0 Å². The molecule has 1 amide bonds. The predicted octanol–water partition coefficient (Wildman–Crippen LogP) is 4.08. The first-order chi connectivity index (χ1) is 14.7. The first kappa shape index (κ1) is 27.7. The van der Waals surface area contributed by atoms with Crippen LogP contribution in [-0.2, 0) is 11.3 Å². The Kier molecular flexibility index (Phi) is 11.5. The van der Waals surface area contributed by atoms with Crippen molar-refractivity contribution in [1.29, 1.82) is 0 Å². The van der Waals surface area contributed by atoms with Gasteiger partial charge in [-0.2, -0.15) is 5.10 Å². The number of alkyl carbamates (subject to hydrolysis) is 1. The Morgan fingerprint density at radius 3 is 2.44 bits per heavy atom. The van der Waals surface area contributed by atoms with Crippen molar-refractivity contribution in [2.75, 3.05) is 19.6 Å². The number of rotatable bonds is 8. The molecule has 0 aliphatic carbocycles. The second kappa shape index (κ2) is 13.3. The van der Waals surface area contributed by atoms with E-state index >= 15 is 0 Å². The molecule has 1 aromatic heterocycles. The summed E-state index contributed by atoms with van der Waals surface area (Å²) in [5.74, 6) is 0.739. The van der Waals surface area contributed by atoms with Crippen LogP contribution in [0.4, 0.5) is 4.79 Å². The minimum absolute atomic E-state index is 0. The van der Waals surface area contributed by atoms with E-state index in [4.69, 9.17) is 9.73 Å². The number of carbonyl (C=O) groups is 1. The average Bonchev–Trinajstić information content (AvgIpc) is 3.02. The molecule has 1 heterocycles. The molecular weight excluding hydrogens is 519 g/mol. The lowest BCUT2D eigenvalue weighted by atomic mass is 10.2. The Bertz CT molecular complexity index is 889. The number of nitrogens with one attached hydrogen (secondary N) is 3. The topological polar surface area (TPSA) is 92.6 Å². The molecule has 2 aromatic rings. The number of guanidine groups is 1. The molecule has 0 unspecified atom stereocenters. The Morgan fingerprint density at radius 1 is 1.12 bits per heavy atom. The molecule has 0 saturated carbocycles. The quantitative estimate of drug-likeness (QED) is 0.197. The van der Waals surface area contributed by atoms with Crippen LogP contribution in [0.1, 0.15) is 51.1 Å². The van der Waals surface area contributed by atoms with Crippen molar-refractivity contribution in [2.45, 2.75) is 60.1 Å². The average molecular weight is 556 g/mol. The van der Waals surface area contributed by atoms with Gasteiger partial charge in [0.15, 0.2) is 5.96 Å². The number of benzene rings is 1. The highest BCUT2D eigenvalue weighted by Gasteiger charge is 2.15. The van der Waals surface area contributed by atoms with Gasteiger partial charge in [0.25, 0.3) is 0 Å². The number of carbonyl (C=O) groups excluding carboxylic acids is 1. The Balaban J connectivity index is 0.00000512. The van der Waals surface area contributed by atoms with Crippen molar-refractivity contribution in [3.63, 3.8) is 0 Å². The van der Waals surface area contributed by atoms with Crippen molar-refractivity contribution in [3.8, 4) is 5.69 Å². The smallest absolute Gasteiger partial charge is 0.407 e. The lowest BCUT2D eigenvalue weighted by Crippen LogP contribution is -2.39. The van der Waals surface area contributed by atoms with E-state index in [1.165, 1.54) is 0 Å². The van der Waals surface area contributed by atoms with Crippen LogP contribution in [0.3, 0.4) is 0 Å². The van der Waals surface area contributed by atoms with Crippen LogP contribution in [0.5, 0.6) is 0 Å². The van der Waals surface area contributed by atoms with E-state index in [0.717, 1.165) is 41.6 Å². The van der Waals surface area contributed by atoms with E-state index < -0.39 is 11.7 Å². The molecule has 0 bridgehead atoms. The van der Waals surface area contributed by atoms with Gasteiger partial charge in [-0.25, -0.2) is 14.5 Å². The molecular formula is C23H37IN6O2. The van der Waals surface area contributed by atoms with Gasteiger partial charge in [0, 0.05) is 25.3 Å². The second-order valence-electron chi connectivity index (χ2n) is 8.37. The molecule has 0 fully saturated rings. The van der Waals surface area contributed by atoms with Crippen molar-refractivity contribution in [1.82, 2.24) is 25.7 Å². The van der Waals surface area contributed by atoms with Crippen molar-refractivity contribution < 1.29 is 9.53 Å². The molecule has 8 nitrogen and oxygen atoms in total. The summed E-state index contributed by atoms with van der Waals surface area (Å²) in [6, 6.07) is 10.2. The number of amides is 1. The van der Waals surface area contributed by atoms with Gasteiger partial charge >= 0.3 is 6.09 Å². The fourth-order valence-corrected chi connectivity index (χ4v) is 3.03. The van der Waals surface area contributed by atoms with E-state index in [0.29, 0.717) is 19.6 Å². The Morgan fingerprint density at radius 2 is 1.81 bits per heavy atom. The molecule has 0 aliphatic heterocycles. The van der Waals surface area contributed by atoms with Crippen molar-refractivity contribution in [3.05, 3.63) is 47.3 Å². The lowest BCUT2D eigenvalue weighted by Gasteiger charge is -2.19. The van der Waals surface area contributed by atoms with E-state index in [9.17, 15) is 4.79 Å². The third-order valence-corrected chi connectivity index (χ3v) is 4.30. The number of para-hydroxylation sites is 1. The Labute approximate surface area is 208 Å². The summed E-state index contributed by atoms with van der Waals surface area (Å²) in [4.78, 5) is 16.4. The number of aromatic nitrogens is 2. The molecule has 0 atom stereocenters. The number of halogens is 1. The molecule has 178 valence electrons. The van der Waals surface area contributed by atoms with Gasteiger partial charge in [-0.1, -0.05) is 18.2 Å². The molecule has 3 N–H and O–H groups in total. The van der Waals surface area contributed by atoms with Gasteiger partial charge in [-0.3, -0.25) is 0 Å². The highest BCUT2D eigenvalue weighted by Crippen LogP contribution is 2.17. The Hall–Kier alpha value is -2.30. The normalized spacial score (nSPS) is 11.5. The number of hydrogen-bond donors (Lipinski definition) is 3. The highest BCUT2D eigenvalue weighted by molar-refractivity contribution is 14.0. The highest BCUT2D eigenvalue weighted by atomic mass is 127. The third kappa shape index (κ3) is 9.46. The molecule has 0 radical (unpaired) electrons. The summed E-state index contributed by atoms with van der Waals surface area (Å²) in [6.45, 7) is 14.1. The van der Waals surface area contributed by atoms with Crippen LogP contribution in [0.25, 0.3) is 5.69 Å². The second-order valence-corrected chi connectivity index (χ2v) is 8.37. The summed E-state index contributed by atoms with van der Waals surface area (Å²) in [5.41, 5.74) is 3.73. The monoisotopic (exact) mass is 556 g/mol. The van der Waals surface area contributed by atoms with Crippen LogP contribution >= 0.6 is 24.0 Å². The number of hydrogen-bond acceptors (Lipinski definition) is 4. The summed E-state index contributed by atoms with van der Waals surface area (Å²) in [5, 5.41) is 13.9. The van der Waals surface area contributed by atoms with E-state index in [1.54, 1.807) is 0 Å². The summed E-state index contributed by atoms with van der Waals surface area (Å²) in [6.07, 6.45) is 0.361. The summed E-state index contributed by atoms with van der Waals surface area (Å²) < 4.78 is 7.20. The predicted molar refractivity (Wildman–Crippen MR) is 140 cm³/mol. The van der Waals surface area contributed by atoms with Crippen LogP contribution in [0.15, 0.2) is 35.3 Å². The van der Waals surface area contributed by atoms with Crippen LogP contribution in [0.2, 0.25) is 0 Å². The number of aryl methyl sites for hydroxylation is 2. The molecule has 9 heteroatoms. The molecule has 2 rings (SSSR count). The zero-order chi connectivity index (χ0) is 22.9. The van der Waals surface area contributed by atoms with Crippen LogP contribution < -0.4 is 16.0 Å². The standard InChI is InChI=1S/C23H36N6O2.HI/c1-7-24-21(25-13-10-14-26-22(30)31-23(4,5)6)27-16-19-11-8-9-12-20(19)29-18(3)15-17(2)28-29;/h8-9,11-12,15H,7,10,13-14,16H2,1-6H3,(H,26,30)(H2,24,25,27);1H.